The van der Waals surface area contributed by atoms with Gasteiger partial charge in [-0.2, -0.15) is 0 Å². The first kappa shape index (κ1) is 17.0. The molecule has 1 aliphatic rings. The van der Waals surface area contributed by atoms with Crippen molar-refractivity contribution in [3.05, 3.63) is 0 Å². The van der Waals surface area contributed by atoms with Gasteiger partial charge in [0.25, 0.3) is 0 Å². The molecule has 2 N–H and O–H groups in total. The van der Waals surface area contributed by atoms with Crippen LogP contribution in [0.25, 0.3) is 0 Å². The highest BCUT2D eigenvalue weighted by atomic mass is 16.4. The lowest BCUT2D eigenvalue weighted by molar-refractivity contribution is -0.137. The number of carboxylic acid groups (broad SMARTS) is 1. The van der Waals surface area contributed by atoms with Gasteiger partial charge in [0.2, 0.25) is 5.91 Å². The molecule has 20 heavy (non-hydrogen) atoms. The maximum atomic E-state index is 12.2. The molecule has 0 aromatic carbocycles. The molecule has 116 valence electrons. The van der Waals surface area contributed by atoms with Crippen LogP contribution in [0.4, 0.5) is 0 Å². The Bertz CT molecular complexity index is 339. The summed E-state index contributed by atoms with van der Waals surface area (Å²) in [4.78, 5) is 22.5. The highest BCUT2D eigenvalue weighted by molar-refractivity contribution is 5.78. The zero-order valence-corrected chi connectivity index (χ0v) is 13.1. The standard InChI is InChI=1S/C16H29NO3/c1-12-9-13(11-16(2,3)10-12)15(20)17-8-6-4-5-7-14(18)19/h12-13H,4-11H2,1-3H3,(H,17,20)(H,18,19). The van der Waals surface area contributed by atoms with Crippen molar-refractivity contribution in [1.29, 1.82) is 0 Å². The molecule has 0 aromatic rings. The first-order valence-electron chi connectivity index (χ1n) is 7.80. The third-order valence-electron chi connectivity index (χ3n) is 4.12. The molecule has 0 aromatic heterocycles. The van der Waals surface area contributed by atoms with E-state index in [1.54, 1.807) is 0 Å². The van der Waals surface area contributed by atoms with Gasteiger partial charge < -0.3 is 10.4 Å². The summed E-state index contributed by atoms with van der Waals surface area (Å²) in [6.07, 6.45) is 5.81. The Labute approximate surface area is 122 Å². The molecule has 4 nitrogen and oxygen atoms in total. The minimum atomic E-state index is -0.743. The van der Waals surface area contributed by atoms with Crippen LogP contribution in [0.15, 0.2) is 0 Å². The highest BCUT2D eigenvalue weighted by Gasteiger charge is 2.35. The SMILES string of the molecule is CC1CC(C(=O)NCCCCCC(=O)O)CC(C)(C)C1. The fourth-order valence-electron chi connectivity index (χ4n) is 3.48. The van der Waals surface area contributed by atoms with Crippen LogP contribution in [0, 0.1) is 17.3 Å². The average molecular weight is 283 g/mol. The second-order valence-electron chi connectivity index (χ2n) is 7.11. The Balaban J connectivity index is 2.20. The first-order valence-corrected chi connectivity index (χ1v) is 7.80. The number of carboxylic acids is 1. The lowest BCUT2D eigenvalue weighted by Crippen LogP contribution is -2.38. The summed E-state index contributed by atoms with van der Waals surface area (Å²) in [5, 5.41) is 11.5. The second kappa shape index (κ2) is 7.65. The molecule has 1 rings (SSSR count). The van der Waals surface area contributed by atoms with Crippen molar-refractivity contribution >= 4 is 11.9 Å². The fourth-order valence-corrected chi connectivity index (χ4v) is 3.48. The van der Waals surface area contributed by atoms with E-state index < -0.39 is 5.97 Å². The summed E-state index contributed by atoms with van der Waals surface area (Å²) in [7, 11) is 0. The van der Waals surface area contributed by atoms with Gasteiger partial charge in [-0.15, -0.1) is 0 Å². The van der Waals surface area contributed by atoms with Gasteiger partial charge in [-0.25, -0.2) is 0 Å². The fraction of sp³-hybridized carbons (Fsp3) is 0.875. The highest BCUT2D eigenvalue weighted by Crippen LogP contribution is 2.41. The molecule has 0 saturated heterocycles. The zero-order chi connectivity index (χ0) is 15.2. The maximum absolute atomic E-state index is 12.2. The van der Waals surface area contributed by atoms with Crippen LogP contribution in [0.5, 0.6) is 0 Å². The topological polar surface area (TPSA) is 66.4 Å². The number of hydrogen-bond acceptors (Lipinski definition) is 2. The Morgan fingerprint density at radius 1 is 1.20 bits per heavy atom. The third kappa shape index (κ3) is 6.40. The molecule has 2 atom stereocenters. The van der Waals surface area contributed by atoms with E-state index in [0.29, 0.717) is 18.9 Å². The predicted molar refractivity (Wildman–Crippen MR) is 79.4 cm³/mol. The van der Waals surface area contributed by atoms with Gasteiger partial charge in [0.05, 0.1) is 0 Å². The van der Waals surface area contributed by atoms with Crippen LogP contribution in [0.3, 0.4) is 0 Å². The molecule has 0 radical (unpaired) electrons. The molecule has 0 aliphatic heterocycles. The van der Waals surface area contributed by atoms with Crippen molar-refractivity contribution in [2.24, 2.45) is 17.3 Å². The van der Waals surface area contributed by atoms with Crippen LogP contribution < -0.4 is 5.32 Å². The van der Waals surface area contributed by atoms with E-state index in [1.807, 2.05) is 0 Å². The van der Waals surface area contributed by atoms with Gasteiger partial charge in [0.15, 0.2) is 0 Å². The van der Waals surface area contributed by atoms with E-state index in [1.165, 1.54) is 6.42 Å². The molecule has 2 unspecified atom stereocenters. The number of rotatable bonds is 7. The van der Waals surface area contributed by atoms with E-state index in [2.05, 4.69) is 26.1 Å². The normalized spacial score (nSPS) is 25.1. The van der Waals surface area contributed by atoms with Crippen LogP contribution in [0.2, 0.25) is 0 Å². The molecule has 0 spiro atoms. The summed E-state index contributed by atoms with van der Waals surface area (Å²) in [5.74, 6) is 0.202. The van der Waals surface area contributed by atoms with Crippen LogP contribution in [-0.2, 0) is 9.59 Å². The Morgan fingerprint density at radius 2 is 1.90 bits per heavy atom. The molecule has 4 heteroatoms. The van der Waals surface area contributed by atoms with Crippen LogP contribution in [0.1, 0.15) is 65.7 Å². The molecular formula is C16H29NO3. The van der Waals surface area contributed by atoms with Gasteiger partial charge in [0.1, 0.15) is 0 Å². The average Bonchev–Trinajstić information content (AvgIpc) is 2.30. The summed E-state index contributed by atoms with van der Waals surface area (Å²) >= 11 is 0. The van der Waals surface area contributed by atoms with E-state index in [4.69, 9.17) is 5.11 Å². The molecule has 1 aliphatic carbocycles. The van der Waals surface area contributed by atoms with Gasteiger partial charge in [-0.1, -0.05) is 27.2 Å². The summed E-state index contributed by atoms with van der Waals surface area (Å²) in [5.41, 5.74) is 0.265. The quantitative estimate of drug-likeness (QED) is 0.705. The number of carbonyl (C=O) groups is 2. The molecule has 0 heterocycles. The largest absolute Gasteiger partial charge is 0.481 e. The van der Waals surface area contributed by atoms with Crippen molar-refractivity contribution in [2.45, 2.75) is 65.7 Å². The number of carbonyl (C=O) groups excluding carboxylic acids is 1. The van der Waals surface area contributed by atoms with Crippen LogP contribution in [-0.4, -0.2) is 23.5 Å². The lowest BCUT2D eigenvalue weighted by atomic mass is 9.68. The van der Waals surface area contributed by atoms with Crippen molar-refractivity contribution < 1.29 is 14.7 Å². The maximum Gasteiger partial charge on any atom is 0.303 e. The number of amides is 1. The van der Waals surface area contributed by atoms with Crippen molar-refractivity contribution in [3.63, 3.8) is 0 Å². The van der Waals surface area contributed by atoms with Crippen molar-refractivity contribution in [3.8, 4) is 0 Å². The van der Waals surface area contributed by atoms with E-state index >= 15 is 0 Å². The van der Waals surface area contributed by atoms with Crippen LogP contribution >= 0.6 is 0 Å². The van der Waals surface area contributed by atoms with E-state index in [0.717, 1.165) is 25.7 Å². The van der Waals surface area contributed by atoms with Gasteiger partial charge in [0, 0.05) is 18.9 Å². The minimum absolute atomic E-state index is 0.146. The van der Waals surface area contributed by atoms with E-state index in [9.17, 15) is 9.59 Å². The van der Waals surface area contributed by atoms with Gasteiger partial charge >= 0.3 is 5.97 Å². The zero-order valence-electron chi connectivity index (χ0n) is 13.1. The number of hydrogen-bond donors (Lipinski definition) is 2. The lowest BCUT2D eigenvalue weighted by Gasteiger charge is -2.38. The predicted octanol–water partition coefficient (Wildman–Crippen LogP) is 3.21. The molecule has 1 amide bonds. The molecule has 0 bridgehead atoms. The Kier molecular flexibility index (Phi) is 6.50. The molecule has 1 saturated carbocycles. The van der Waals surface area contributed by atoms with Crippen molar-refractivity contribution in [1.82, 2.24) is 5.32 Å². The first-order chi connectivity index (χ1) is 9.30. The summed E-state index contributed by atoms with van der Waals surface area (Å²) in [6, 6.07) is 0. The monoisotopic (exact) mass is 283 g/mol. The van der Waals surface area contributed by atoms with Gasteiger partial charge in [-0.3, -0.25) is 9.59 Å². The minimum Gasteiger partial charge on any atom is -0.481 e. The molecular weight excluding hydrogens is 254 g/mol. The third-order valence-corrected chi connectivity index (χ3v) is 4.12. The number of nitrogens with one attached hydrogen (secondary N) is 1. The Hall–Kier alpha value is -1.06. The summed E-state index contributed by atoms with van der Waals surface area (Å²) < 4.78 is 0. The molecule has 1 fully saturated rings. The van der Waals surface area contributed by atoms with E-state index in [-0.39, 0.29) is 23.7 Å². The Morgan fingerprint density at radius 3 is 2.50 bits per heavy atom. The number of unbranched alkanes of at least 4 members (excludes halogenated alkanes) is 2. The van der Waals surface area contributed by atoms with Crippen molar-refractivity contribution in [2.75, 3.05) is 6.54 Å². The van der Waals surface area contributed by atoms with Gasteiger partial charge in [-0.05, 0) is 43.4 Å². The second-order valence-corrected chi connectivity index (χ2v) is 7.11. The number of aliphatic carboxylic acids is 1. The summed E-state index contributed by atoms with van der Waals surface area (Å²) in [6.45, 7) is 7.39. The smallest absolute Gasteiger partial charge is 0.303 e.